The van der Waals surface area contributed by atoms with Gasteiger partial charge in [0.15, 0.2) is 24.8 Å². The van der Waals surface area contributed by atoms with E-state index in [0.717, 1.165) is 5.48 Å². The van der Waals surface area contributed by atoms with Crippen molar-refractivity contribution in [2.75, 3.05) is 26.4 Å². The van der Waals surface area contributed by atoms with Crippen molar-refractivity contribution in [2.45, 2.75) is 110 Å². The number of carboxylic acid groups (broad SMARTS) is 1. The van der Waals surface area contributed by atoms with Gasteiger partial charge in [-0.1, -0.05) is 0 Å². The van der Waals surface area contributed by atoms with E-state index in [9.17, 15) is 65.8 Å². The maximum Gasteiger partial charge on any atom is 0.335 e. The van der Waals surface area contributed by atoms with Gasteiger partial charge in [-0.25, -0.2) is 16.2 Å². The highest BCUT2D eigenvalue weighted by atomic mass is 16.7. The molecule has 51 heavy (non-hydrogen) atoms. The predicted octanol–water partition coefficient (Wildman–Crippen LogP) is -12.6. The highest BCUT2D eigenvalue weighted by Gasteiger charge is 2.48. The average molecular weight is 764 g/mol. The van der Waals surface area contributed by atoms with Crippen molar-refractivity contribution in [2.24, 2.45) is 11.6 Å². The van der Waals surface area contributed by atoms with E-state index in [0.29, 0.717) is 0 Å². The van der Waals surface area contributed by atoms with Crippen LogP contribution in [0.5, 0.6) is 0 Å². The largest absolute Gasteiger partial charge is 0.479 e. The number of nitrogens with one attached hydrogen (secondary N) is 1. The fraction of sp³-hybridized carbons (Fsp3) is 0.917. The molecular weight excluding hydrogens is 714 g/mol. The number of nitrogens with two attached hydrogens (primary N) is 2. The summed E-state index contributed by atoms with van der Waals surface area (Å²) in [6, 6.07) is -1.38. The van der Waals surface area contributed by atoms with Gasteiger partial charge < -0.3 is 112 Å². The Morgan fingerprint density at radius 3 is 1.43 bits per heavy atom. The molecule has 0 saturated carbocycles. The number of aliphatic carboxylic acids is 1. The molecule has 2 aliphatic rings. The first-order chi connectivity index (χ1) is 23.8. The van der Waals surface area contributed by atoms with Crippen molar-refractivity contribution in [3.8, 4) is 0 Å². The van der Waals surface area contributed by atoms with E-state index in [2.05, 4.69) is 5.90 Å². The van der Waals surface area contributed by atoms with Gasteiger partial charge >= 0.3 is 5.97 Å². The van der Waals surface area contributed by atoms with Gasteiger partial charge in [-0.3, -0.25) is 10.0 Å². The minimum atomic E-state index is -2.35. The van der Waals surface area contributed by atoms with Gasteiger partial charge in [0.1, 0.15) is 79.4 Å². The van der Waals surface area contributed by atoms with Crippen LogP contribution in [0.15, 0.2) is 0 Å². The highest BCUT2D eigenvalue weighted by Crippen LogP contribution is 2.26. The van der Waals surface area contributed by atoms with Crippen molar-refractivity contribution in [1.82, 2.24) is 5.48 Å². The molecule has 0 bridgehead atoms. The van der Waals surface area contributed by atoms with Gasteiger partial charge in [-0.2, -0.15) is 0 Å². The molecule has 0 radical (unpaired) electrons. The molecule has 18 atom stereocenters. The van der Waals surface area contributed by atoms with Crippen molar-refractivity contribution in [1.29, 1.82) is 0 Å². The summed E-state index contributed by atoms with van der Waals surface area (Å²) in [5.41, 5.74) is 6.67. The lowest BCUT2D eigenvalue weighted by molar-refractivity contribution is -0.326. The number of carboxylic acids is 1. The maximum absolute atomic E-state index is 11.2. The van der Waals surface area contributed by atoms with Gasteiger partial charge in [0, 0.05) is 0 Å². The zero-order valence-electron chi connectivity index (χ0n) is 26.4. The van der Waals surface area contributed by atoms with Crippen LogP contribution in [0.2, 0.25) is 0 Å². The molecular formula is C24H49N3O24. The molecule has 0 aromatic carbocycles. The number of carbonyl (C=O) groups excluding carboxylic acids is 1. The molecule has 27 nitrogen and oxygen atoms in total. The average Bonchev–Trinajstić information content (AvgIpc) is 3.14. The molecule has 12 unspecified atom stereocenters. The summed E-state index contributed by atoms with van der Waals surface area (Å²) in [5, 5.41) is 167. The summed E-state index contributed by atoms with van der Waals surface area (Å²) in [6.45, 7) is -3.42. The smallest absolute Gasteiger partial charge is 0.335 e. The summed E-state index contributed by atoms with van der Waals surface area (Å²) in [5.74, 6) is 0.249. The van der Waals surface area contributed by atoms with Crippen LogP contribution in [0.1, 0.15) is 0 Å². The third-order valence-corrected chi connectivity index (χ3v) is 7.44. The summed E-state index contributed by atoms with van der Waals surface area (Å²) < 4.78 is 20.3. The van der Waals surface area contributed by atoms with Crippen LogP contribution in [0.25, 0.3) is 0 Å². The predicted molar refractivity (Wildman–Crippen MR) is 153 cm³/mol. The number of rotatable bonds is 16. The molecule has 23 N–H and O–H groups in total. The highest BCUT2D eigenvalue weighted by molar-refractivity contribution is 5.80. The first kappa shape index (κ1) is 49.0. The van der Waals surface area contributed by atoms with Crippen molar-refractivity contribution in [3.05, 3.63) is 0 Å². The molecule has 0 aromatic rings. The zero-order valence-corrected chi connectivity index (χ0v) is 26.4. The summed E-state index contributed by atoms with van der Waals surface area (Å²) in [6.07, 6.45) is -31.0. The number of aliphatic hydroxyl groups is 15. The van der Waals surface area contributed by atoms with Crippen molar-refractivity contribution in [3.63, 3.8) is 0 Å². The molecule has 2 rings (SSSR count). The third-order valence-electron chi connectivity index (χ3n) is 7.44. The number of ether oxygens (including phenoxy) is 4. The lowest BCUT2D eigenvalue weighted by Gasteiger charge is -2.42. The Morgan fingerprint density at radius 2 is 1.04 bits per heavy atom. The normalized spacial score (nSPS) is 34.1. The van der Waals surface area contributed by atoms with E-state index in [-0.39, 0.29) is 0 Å². The van der Waals surface area contributed by atoms with E-state index >= 15 is 0 Å². The summed E-state index contributed by atoms with van der Waals surface area (Å²) in [4.78, 5) is 21.9. The van der Waals surface area contributed by atoms with E-state index in [1.165, 1.54) is 0 Å². The van der Waals surface area contributed by atoms with Crippen LogP contribution in [0.4, 0.5) is 0 Å². The van der Waals surface area contributed by atoms with Crippen LogP contribution in [0, 0.1) is 0 Å². The third kappa shape index (κ3) is 13.1. The van der Waals surface area contributed by atoms with Crippen LogP contribution >= 0.6 is 0 Å². The van der Waals surface area contributed by atoms with Gasteiger partial charge in [0.25, 0.3) is 5.91 Å². The van der Waals surface area contributed by atoms with E-state index in [1.54, 1.807) is 0 Å². The number of hydroxylamine groups is 1. The monoisotopic (exact) mass is 763 g/mol. The Balaban J connectivity index is 0.000000935. The standard InChI is InChI=1S/C12H23NO12.C12H23NO11.H3NO/c14-1-3(16)10(7(19)8(20)11(22)13-23)25-12-9(21)6(18)5(17)4(2-15)24-12;13-5-7(18)6(17)4(2-15)23-12(5)24-10(3(16)1-14)8(19)9(20)11(21)22;1-2/h3-10,12,14-21,23H,1-2H2,(H,13,22);3-10,12,14-20H,1-2,13H2,(H,21,22);2H,1H2/t3?,4?,5-,6+,7?,8?,9?,10?,12-;3?,4?,5-,6-,7?,8?,9?,10?,12-;/m00./s1. The Hall–Kier alpha value is -1.98. The van der Waals surface area contributed by atoms with Gasteiger partial charge in [-0.15, -0.1) is 0 Å². The Bertz CT molecular complexity index is 987. The Morgan fingerprint density at radius 1 is 0.647 bits per heavy atom. The van der Waals surface area contributed by atoms with Gasteiger partial charge in [0.2, 0.25) is 0 Å². The first-order valence-electron chi connectivity index (χ1n) is 14.6. The molecule has 0 aromatic heterocycles. The molecule has 1 amide bonds. The van der Waals surface area contributed by atoms with Crippen LogP contribution < -0.4 is 17.1 Å². The Kier molecular flexibility index (Phi) is 22.7. The molecule has 2 heterocycles. The molecule has 2 saturated heterocycles. The number of amides is 1. The number of carbonyl (C=O) groups is 2. The molecule has 27 heteroatoms. The van der Waals surface area contributed by atoms with Crippen LogP contribution in [-0.4, -0.2) is 241 Å². The number of hydrogen-bond acceptors (Lipinski definition) is 25. The van der Waals surface area contributed by atoms with Crippen LogP contribution in [-0.2, 0) is 28.5 Å². The lowest BCUT2D eigenvalue weighted by atomic mass is 9.97. The van der Waals surface area contributed by atoms with Crippen LogP contribution in [0.3, 0.4) is 0 Å². The molecule has 0 aliphatic carbocycles. The second-order valence-corrected chi connectivity index (χ2v) is 10.9. The minimum absolute atomic E-state index is 0.710. The molecule has 2 aliphatic heterocycles. The fourth-order valence-corrected chi connectivity index (χ4v) is 4.45. The van der Waals surface area contributed by atoms with Crippen molar-refractivity contribution >= 4 is 11.9 Å². The molecule has 2 fully saturated rings. The number of hydrogen-bond donors (Lipinski definition) is 21. The zero-order chi connectivity index (χ0) is 39.9. The van der Waals surface area contributed by atoms with Crippen molar-refractivity contribution < 1.29 is 121 Å². The van der Waals surface area contributed by atoms with E-state index < -0.39 is 148 Å². The van der Waals surface area contributed by atoms with E-state index in [4.69, 9.17) is 60.6 Å². The Labute approximate surface area is 286 Å². The van der Waals surface area contributed by atoms with E-state index in [1.807, 2.05) is 0 Å². The SMILES string of the molecule is NO.N[C@H]1C(O)[C@@H](O)C(CO)O[C@H]1OC(C(O)CO)C(O)C(O)C(=O)O.O=C(NO)C(O)C(O)C(O[C@@H]1OC(CO)[C@H](O)[C@@H](O)C1O)C(O)CO. The summed E-state index contributed by atoms with van der Waals surface area (Å²) in [7, 11) is 0. The topological polar surface area (TPSA) is 499 Å². The summed E-state index contributed by atoms with van der Waals surface area (Å²) >= 11 is 0. The first-order valence-corrected chi connectivity index (χ1v) is 14.6. The lowest BCUT2D eigenvalue weighted by Crippen LogP contribution is -2.64. The van der Waals surface area contributed by atoms with Gasteiger partial charge in [-0.05, 0) is 0 Å². The fourth-order valence-electron chi connectivity index (χ4n) is 4.45. The molecule has 304 valence electrons. The maximum atomic E-state index is 11.2. The molecule has 0 spiro atoms. The quantitative estimate of drug-likeness (QED) is 0.0512. The second-order valence-electron chi connectivity index (χ2n) is 10.9. The minimum Gasteiger partial charge on any atom is -0.479 e. The number of aliphatic hydroxyl groups excluding tert-OH is 15. The second kappa shape index (κ2) is 23.6. The van der Waals surface area contributed by atoms with Gasteiger partial charge in [0.05, 0.1) is 32.5 Å².